The Bertz CT molecular complexity index is 490. The Morgan fingerprint density at radius 2 is 2.09 bits per heavy atom. The van der Waals surface area contributed by atoms with Crippen molar-refractivity contribution in [2.75, 3.05) is 20.1 Å². The molecule has 1 aromatic rings. The minimum absolute atomic E-state index is 0.0822. The normalized spacial score (nSPS) is 21.6. The van der Waals surface area contributed by atoms with E-state index in [9.17, 15) is 9.90 Å². The van der Waals surface area contributed by atoms with Gasteiger partial charge in [0.2, 0.25) is 0 Å². The number of hydrogen-bond acceptors (Lipinski definition) is 3. The molecule has 5 nitrogen and oxygen atoms in total. The summed E-state index contributed by atoms with van der Waals surface area (Å²) in [4.78, 5) is 17.9. The highest BCUT2D eigenvalue weighted by atomic mass is 16.3. The molecule has 1 saturated carbocycles. The maximum atomic E-state index is 12.2. The number of rotatable bonds is 5. The summed E-state index contributed by atoms with van der Waals surface area (Å²) in [5.74, 6) is 0.212. The van der Waals surface area contributed by atoms with Gasteiger partial charge in [-0.15, -0.1) is 0 Å². The zero-order chi connectivity index (χ0) is 16.2. The van der Waals surface area contributed by atoms with E-state index in [0.717, 1.165) is 24.8 Å². The Hall–Kier alpha value is -1.62. The molecule has 2 N–H and O–H groups in total. The Morgan fingerprint density at radius 3 is 2.68 bits per heavy atom. The van der Waals surface area contributed by atoms with Crippen molar-refractivity contribution in [3.63, 3.8) is 0 Å². The van der Waals surface area contributed by atoms with Gasteiger partial charge in [-0.25, -0.2) is 4.79 Å². The second-order valence-corrected chi connectivity index (χ2v) is 6.92. The van der Waals surface area contributed by atoms with E-state index in [0.29, 0.717) is 13.1 Å². The molecule has 2 atom stereocenters. The second kappa shape index (κ2) is 7.09. The quantitative estimate of drug-likeness (QED) is 0.876. The van der Waals surface area contributed by atoms with E-state index in [1.165, 1.54) is 0 Å². The molecule has 122 valence electrons. The lowest BCUT2D eigenvalue weighted by Gasteiger charge is -2.28. The van der Waals surface area contributed by atoms with E-state index in [1.54, 1.807) is 24.3 Å². The first-order valence-corrected chi connectivity index (χ1v) is 7.97. The summed E-state index contributed by atoms with van der Waals surface area (Å²) in [7, 11) is 1.79. The lowest BCUT2D eigenvalue weighted by molar-refractivity contribution is 0.113. The van der Waals surface area contributed by atoms with Crippen LogP contribution in [-0.2, 0) is 5.41 Å². The first kappa shape index (κ1) is 16.7. The maximum absolute atomic E-state index is 12.2. The van der Waals surface area contributed by atoms with E-state index in [2.05, 4.69) is 24.1 Å². The number of hydrogen-bond donors (Lipinski definition) is 2. The van der Waals surface area contributed by atoms with Crippen LogP contribution in [0.2, 0.25) is 0 Å². The van der Waals surface area contributed by atoms with Crippen LogP contribution in [0.1, 0.15) is 38.7 Å². The Balaban J connectivity index is 1.84. The molecule has 1 aliphatic carbocycles. The van der Waals surface area contributed by atoms with E-state index in [4.69, 9.17) is 0 Å². The van der Waals surface area contributed by atoms with Gasteiger partial charge in [0.1, 0.15) is 0 Å². The standard InChI is InChI=1S/C17H27N3O2/c1-17(2,14-7-9-18-10-8-14)12-19-16(22)20(3)11-13-5-4-6-15(13)21/h7-10,13,15,21H,4-6,11-12H2,1-3H3,(H,19,22). The smallest absolute Gasteiger partial charge is 0.317 e. The van der Waals surface area contributed by atoms with Gasteiger partial charge in [0, 0.05) is 43.9 Å². The van der Waals surface area contributed by atoms with Crippen molar-refractivity contribution in [3.8, 4) is 0 Å². The number of aliphatic hydroxyl groups excluding tert-OH is 1. The van der Waals surface area contributed by atoms with Gasteiger partial charge in [0.25, 0.3) is 0 Å². The summed E-state index contributed by atoms with van der Waals surface area (Å²) < 4.78 is 0. The number of urea groups is 1. The Kier molecular flexibility index (Phi) is 5.40. The van der Waals surface area contributed by atoms with Crippen molar-refractivity contribution in [3.05, 3.63) is 30.1 Å². The molecule has 5 heteroatoms. The van der Waals surface area contributed by atoms with Crippen LogP contribution in [0.4, 0.5) is 4.79 Å². The molecule has 2 amide bonds. The number of carbonyl (C=O) groups is 1. The fourth-order valence-electron chi connectivity index (χ4n) is 3.00. The molecule has 1 fully saturated rings. The van der Waals surface area contributed by atoms with Crippen LogP contribution in [0.5, 0.6) is 0 Å². The number of aliphatic hydroxyl groups is 1. The second-order valence-electron chi connectivity index (χ2n) is 6.92. The van der Waals surface area contributed by atoms with Gasteiger partial charge in [-0.1, -0.05) is 20.3 Å². The van der Waals surface area contributed by atoms with Crippen LogP contribution in [0.15, 0.2) is 24.5 Å². The predicted octanol–water partition coefficient (Wildman–Crippen LogP) is 2.16. The lowest BCUT2D eigenvalue weighted by atomic mass is 9.85. The predicted molar refractivity (Wildman–Crippen MR) is 86.6 cm³/mol. The minimum atomic E-state index is -0.261. The molecule has 2 unspecified atom stereocenters. The first-order chi connectivity index (χ1) is 10.4. The van der Waals surface area contributed by atoms with Crippen molar-refractivity contribution >= 4 is 6.03 Å². The summed E-state index contributed by atoms with van der Waals surface area (Å²) in [6.07, 6.45) is 6.19. The largest absolute Gasteiger partial charge is 0.393 e. The average Bonchev–Trinajstić information content (AvgIpc) is 2.91. The van der Waals surface area contributed by atoms with Crippen LogP contribution >= 0.6 is 0 Å². The number of amides is 2. The summed E-state index contributed by atoms with van der Waals surface area (Å²) >= 11 is 0. The number of nitrogens with one attached hydrogen (secondary N) is 1. The molecular formula is C17H27N3O2. The third kappa shape index (κ3) is 4.19. The van der Waals surface area contributed by atoms with Crippen molar-refractivity contribution < 1.29 is 9.90 Å². The van der Waals surface area contributed by atoms with Crippen molar-refractivity contribution in [1.82, 2.24) is 15.2 Å². The molecule has 1 heterocycles. The van der Waals surface area contributed by atoms with Gasteiger partial charge in [0.05, 0.1) is 6.10 Å². The Labute approximate surface area is 132 Å². The van der Waals surface area contributed by atoms with Crippen molar-refractivity contribution in [2.24, 2.45) is 5.92 Å². The third-order valence-corrected chi connectivity index (χ3v) is 4.62. The molecule has 0 aromatic carbocycles. The van der Waals surface area contributed by atoms with Crippen LogP contribution in [0.3, 0.4) is 0 Å². The topological polar surface area (TPSA) is 65.5 Å². The fourth-order valence-corrected chi connectivity index (χ4v) is 3.00. The van der Waals surface area contributed by atoms with E-state index in [1.807, 2.05) is 12.1 Å². The zero-order valence-electron chi connectivity index (χ0n) is 13.7. The lowest BCUT2D eigenvalue weighted by Crippen LogP contribution is -2.45. The van der Waals surface area contributed by atoms with E-state index >= 15 is 0 Å². The molecular weight excluding hydrogens is 278 g/mol. The van der Waals surface area contributed by atoms with Crippen LogP contribution in [-0.4, -0.2) is 47.3 Å². The Morgan fingerprint density at radius 1 is 1.41 bits per heavy atom. The van der Waals surface area contributed by atoms with Gasteiger partial charge in [0.15, 0.2) is 0 Å². The van der Waals surface area contributed by atoms with Gasteiger partial charge in [-0.05, 0) is 30.5 Å². The van der Waals surface area contributed by atoms with Gasteiger partial charge in [-0.3, -0.25) is 4.98 Å². The van der Waals surface area contributed by atoms with Crippen LogP contribution < -0.4 is 5.32 Å². The number of pyridine rings is 1. The monoisotopic (exact) mass is 305 g/mol. The number of nitrogens with zero attached hydrogens (tertiary/aromatic N) is 2. The van der Waals surface area contributed by atoms with Crippen LogP contribution in [0, 0.1) is 5.92 Å². The van der Waals surface area contributed by atoms with Gasteiger partial charge < -0.3 is 15.3 Å². The van der Waals surface area contributed by atoms with Crippen molar-refractivity contribution in [1.29, 1.82) is 0 Å². The average molecular weight is 305 g/mol. The highest BCUT2D eigenvalue weighted by molar-refractivity contribution is 5.74. The van der Waals surface area contributed by atoms with E-state index in [-0.39, 0.29) is 23.5 Å². The first-order valence-electron chi connectivity index (χ1n) is 7.97. The molecule has 0 aliphatic heterocycles. The molecule has 0 bridgehead atoms. The summed E-state index contributed by atoms with van der Waals surface area (Å²) in [5, 5.41) is 12.9. The molecule has 2 rings (SSSR count). The van der Waals surface area contributed by atoms with Crippen molar-refractivity contribution in [2.45, 2.75) is 44.6 Å². The van der Waals surface area contributed by atoms with Gasteiger partial charge >= 0.3 is 6.03 Å². The summed E-state index contributed by atoms with van der Waals surface area (Å²) in [5.41, 5.74) is 1.00. The molecule has 22 heavy (non-hydrogen) atoms. The maximum Gasteiger partial charge on any atom is 0.317 e. The zero-order valence-corrected chi connectivity index (χ0v) is 13.7. The molecule has 0 saturated heterocycles. The molecule has 0 spiro atoms. The summed E-state index contributed by atoms with van der Waals surface area (Å²) in [6.45, 7) is 5.38. The third-order valence-electron chi connectivity index (χ3n) is 4.62. The highest BCUT2D eigenvalue weighted by Crippen LogP contribution is 2.26. The number of aromatic nitrogens is 1. The number of carbonyl (C=O) groups excluding carboxylic acids is 1. The highest BCUT2D eigenvalue weighted by Gasteiger charge is 2.28. The fraction of sp³-hybridized carbons (Fsp3) is 0.647. The molecule has 0 radical (unpaired) electrons. The SMILES string of the molecule is CN(CC1CCCC1O)C(=O)NCC(C)(C)c1ccncc1. The molecule has 1 aromatic heterocycles. The minimum Gasteiger partial charge on any atom is -0.393 e. The van der Waals surface area contributed by atoms with E-state index < -0.39 is 0 Å². The summed E-state index contributed by atoms with van der Waals surface area (Å²) in [6, 6.07) is 3.87. The molecule has 1 aliphatic rings. The van der Waals surface area contributed by atoms with Crippen LogP contribution in [0.25, 0.3) is 0 Å². The van der Waals surface area contributed by atoms with Gasteiger partial charge in [-0.2, -0.15) is 0 Å².